The second kappa shape index (κ2) is 12.3. The summed E-state index contributed by atoms with van der Waals surface area (Å²) in [5.74, 6) is -0.800. The third-order valence-corrected chi connectivity index (χ3v) is 8.33. The van der Waals surface area contributed by atoms with Gasteiger partial charge in [-0.25, -0.2) is 8.42 Å². The van der Waals surface area contributed by atoms with Crippen LogP contribution in [0.15, 0.2) is 83.8 Å². The van der Waals surface area contributed by atoms with Gasteiger partial charge in [0.25, 0.3) is 10.0 Å². The first kappa shape index (κ1) is 29.6. The van der Waals surface area contributed by atoms with E-state index in [1.54, 1.807) is 49.4 Å². The Morgan fingerprint density at radius 3 is 2.16 bits per heavy atom. The van der Waals surface area contributed by atoms with Gasteiger partial charge in [0.05, 0.1) is 10.6 Å². The van der Waals surface area contributed by atoms with E-state index in [2.05, 4.69) is 27.9 Å². The fourth-order valence-electron chi connectivity index (χ4n) is 3.92. The van der Waals surface area contributed by atoms with Crippen molar-refractivity contribution in [1.29, 1.82) is 0 Å². The number of halogens is 1. The molecule has 0 heterocycles. The van der Waals surface area contributed by atoms with Crippen molar-refractivity contribution < 1.29 is 18.0 Å². The molecule has 0 aliphatic carbocycles. The molecule has 1 atom stereocenters. The third kappa shape index (κ3) is 7.80. The summed E-state index contributed by atoms with van der Waals surface area (Å²) in [5, 5.41) is 2.93. The van der Waals surface area contributed by atoms with Gasteiger partial charge in [-0.15, -0.1) is 0 Å². The molecule has 0 saturated heterocycles. The fraction of sp³-hybridized carbons (Fsp3) is 0.310. The largest absolute Gasteiger partial charge is 0.350 e. The predicted octanol–water partition coefficient (Wildman–Crippen LogP) is 5.13. The minimum atomic E-state index is -4.07. The number of nitrogens with one attached hydrogen (secondary N) is 1. The Balaban J connectivity index is 2.02. The summed E-state index contributed by atoms with van der Waals surface area (Å²) >= 11 is 2.14. The van der Waals surface area contributed by atoms with Crippen molar-refractivity contribution in [3.63, 3.8) is 0 Å². The van der Waals surface area contributed by atoms with E-state index in [0.29, 0.717) is 5.69 Å². The quantitative estimate of drug-likeness (QED) is 0.327. The maximum Gasteiger partial charge on any atom is 0.264 e. The number of hydrogen-bond acceptors (Lipinski definition) is 4. The number of carbonyl (C=O) groups excluding carboxylic acids is 2. The number of carbonyl (C=O) groups is 2. The van der Waals surface area contributed by atoms with Crippen molar-refractivity contribution in [2.45, 2.75) is 57.6 Å². The van der Waals surface area contributed by atoms with Gasteiger partial charge in [0.1, 0.15) is 12.6 Å². The number of aryl methyl sites for hydroxylation is 1. The van der Waals surface area contributed by atoms with E-state index in [-0.39, 0.29) is 17.3 Å². The smallest absolute Gasteiger partial charge is 0.264 e. The van der Waals surface area contributed by atoms with Gasteiger partial charge in [-0.05, 0) is 99.2 Å². The van der Waals surface area contributed by atoms with E-state index >= 15 is 0 Å². The highest BCUT2D eigenvalue weighted by Crippen LogP contribution is 2.25. The summed E-state index contributed by atoms with van der Waals surface area (Å²) in [6, 6.07) is 21.8. The molecule has 3 aromatic carbocycles. The molecule has 1 N–H and O–H groups in total. The van der Waals surface area contributed by atoms with Crippen LogP contribution in [0.5, 0.6) is 0 Å². The standard InChI is InChI=1S/C29H34IN3O4S/c1-21-10-9-11-23(18-21)19-32(22(2)28(35)31-29(3,4)5)27(34)20-33(25-16-14-24(30)15-17-25)38(36,37)26-12-7-6-8-13-26/h6-18,22H,19-20H2,1-5H3,(H,31,35)/t22-/m1/s1. The van der Waals surface area contributed by atoms with Gasteiger partial charge < -0.3 is 10.2 Å². The Hall–Kier alpha value is -2.92. The Kier molecular flexibility index (Phi) is 9.59. The average molecular weight is 648 g/mol. The molecule has 0 spiro atoms. The molecule has 3 aromatic rings. The maximum absolute atomic E-state index is 13.9. The molecule has 7 nitrogen and oxygen atoms in total. The SMILES string of the molecule is Cc1cccc(CN(C(=O)CN(c2ccc(I)cc2)S(=O)(=O)c2ccccc2)[C@H](C)C(=O)NC(C)(C)C)c1. The minimum absolute atomic E-state index is 0.0788. The van der Waals surface area contributed by atoms with E-state index < -0.39 is 34.1 Å². The summed E-state index contributed by atoms with van der Waals surface area (Å²) in [6.45, 7) is 8.92. The molecule has 0 fully saturated rings. The van der Waals surface area contributed by atoms with Crippen molar-refractivity contribution >= 4 is 50.1 Å². The topological polar surface area (TPSA) is 86.8 Å². The second-order valence-corrected chi connectivity index (χ2v) is 13.3. The normalized spacial score (nSPS) is 12.5. The highest BCUT2D eigenvalue weighted by atomic mass is 127. The lowest BCUT2D eigenvalue weighted by Gasteiger charge is -2.33. The predicted molar refractivity (Wildman–Crippen MR) is 159 cm³/mol. The molecule has 0 aliphatic heterocycles. The summed E-state index contributed by atoms with van der Waals surface area (Å²) in [7, 11) is -4.07. The van der Waals surface area contributed by atoms with Gasteiger partial charge in [-0.1, -0.05) is 48.0 Å². The number of hydrogen-bond donors (Lipinski definition) is 1. The van der Waals surface area contributed by atoms with E-state index in [1.807, 2.05) is 52.0 Å². The van der Waals surface area contributed by atoms with Crippen molar-refractivity contribution in [1.82, 2.24) is 10.2 Å². The lowest BCUT2D eigenvalue weighted by Crippen LogP contribution is -2.54. The van der Waals surface area contributed by atoms with Crippen LogP contribution in [0.2, 0.25) is 0 Å². The number of benzene rings is 3. The molecule has 9 heteroatoms. The molecule has 202 valence electrons. The first-order valence-electron chi connectivity index (χ1n) is 12.3. The number of sulfonamides is 1. The zero-order valence-corrected chi connectivity index (χ0v) is 25.3. The molecule has 0 radical (unpaired) electrons. The summed E-state index contributed by atoms with van der Waals surface area (Å²) in [6.07, 6.45) is 0. The van der Waals surface area contributed by atoms with E-state index in [1.165, 1.54) is 17.0 Å². The van der Waals surface area contributed by atoms with Crippen LogP contribution >= 0.6 is 22.6 Å². The number of amides is 2. The van der Waals surface area contributed by atoms with Crippen molar-refractivity contribution in [2.75, 3.05) is 10.8 Å². The van der Waals surface area contributed by atoms with Crippen LogP contribution in [0.25, 0.3) is 0 Å². The van der Waals surface area contributed by atoms with Gasteiger partial charge in [0, 0.05) is 15.7 Å². The Morgan fingerprint density at radius 2 is 1.58 bits per heavy atom. The summed E-state index contributed by atoms with van der Waals surface area (Å²) in [5.41, 5.74) is 1.74. The Labute approximate surface area is 239 Å². The van der Waals surface area contributed by atoms with Crippen molar-refractivity contribution in [3.05, 3.63) is 93.6 Å². The molecule has 0 aliphatic rings. The monoisotopic (exact) mass is 647 g/mol. The number of nitrogens with zero attached hydrogens (tertiary/aromatic N) is 2. The molecule has 0 bridgehead atoms. The van der Waals surface area contributed by atoms with E-state index in [0.717, 1.165) is 19.0 Å². The highest BCUT2D eigenvalue weighted by Gasteiger charge is 2.33. The lowest BCUT2D eigenvalue weighted by molar-refractivity contribution is -0.140. The van der Waals surface area contributed by atoms with E-state index in [4.69, 9.17) is 0 Å². The first-order chi connectivity index (χ1) is 17.8. The van der Waals surface area contributed by atoms with Gasteiger partial charge in [0.2, 0.25) is 11.8 Å². The van der Waals surface area contributed by atoms with Crippen LogP contribution in [-0.4, -0.2) is 43.3 Å². The van der Waals surface area contributed by atoms with Gasteiger partial charge in [0.15, 0.2) is 0 Å². The van der Waals surface area contributed by atoms with E-state index in [9.17, 15) is 18.0 Å². The zero-order valence-electron chi connectivity index (χ0n) is 22.3. The van der Waals surface area contributed by atoms with Crippen LogP contribution in [0.4, 0.5) is 5.69 Å². The average Bonchev–Trinajstić information content (AvgIpc) is 2.85. The number of rotatable bonds is 9. The molecule has 38 heavy (non-hydrogen) atoms. The minimum Gasteiger partial charge on any atom is -0.350 e. The molecule has 0 saturated carbocycles. The Bertz CT molecular complexity index is 1370. The lowest BCUT2D eigenvalue weighted by atomic mass is 10.1. The van der Waals surface area contributed by atoms with Crippen LogP contribution < -0.4 is 9.62 Å². The molecule has 3 rings (SSSR count). The summed E-state index contributed by atoms with van der Waals surface area (Å²) < 4.78 is 29.5. The first-order valence-corrected chi connectivity index (χ1v) is 14.8. The molecule has 2 amide bonds. The number of anilines is 1. The van der Waals surface area contributed by atoms with Crippen LogP contribution in [0, 0.1) is 10.5 Å². The maximum atomic E-state index is 13.9. The molecule has 0 unspecified atom stereocenters. The zero-order chi connectivity index (χ0) is 28.1. The van der Waals surface area contributed by atoms with Gasteiger partial charge in [-0.3, -0.25) is 13.9 Å². The van der Waals surface area contributed by atoms with Gasteiger partial charge in [-0.2, -0.15) is 0 Å². The molecule has 0 aromatic heterocycles. The Morgan fingerprint density at radius 1 is 0.947 bits per heavy atom. The summed E-state index contributed by atoms with van der Waals surface area (Å²) in [4.78, 5) is 28.6. The second-order valence-electron chi connectivity index (χ2n) is 10.2. The molecular formula is C29H34IN3O4S. The van der Waals surface area contributed by atoms with Crippen LogP contribution in [0.1, 0.15) is 38.8 Å². The van der Waals surface area contributed by atoms with Gasteiger partial charge >= 0.3 is 0 Å². The van der Waals surface area contributed by atoms with Crippen LogP contribution in [0.3, 0.4) is 0 Å². The van der Waals surface area contributed by atoms with Crippen LogP contribution in [-0.2, 0) is 26.2 Å². The third-order valence-electron chi connectivity index (χ3n) is 5.83. The van der Waals surface area contributed by atoms with Crippen molar-refractivity contribution in [3.8, 4) is 0 Å². The highest BCUT2D eigenvalue weighted by molar-refractivity contribution is 14.1. The molecular weight excluding hydrogens is 613 g/mol. The fourth-order valence-corrected chi connectivity index (χ4v) is 5.71. The van der Waals surface area contributed by atoms with Crippen molar-refractivity contribution in [2.24, 2.45) is 0 Å².